The molecule has 2 aromatic rings. The molecule has 4 nitrogen and oxygen atoms in total. The van der Waals surface area contributed by atoms with E-state index in [0.717, 1.165) is 37.1 Å². The van der Waals surface area contributed by atoms with Crippen LogP contribution in [0.4, 0.5) is 5.69 Å². The highest BCUT2D eigenvalue weighted by atomic mass is 16.2. The van der Waals surface area contributed by atoms with Crippen LogP contribution in [0.25, 0.3) is 6.08 Å². The highest BCUT2D eigenvalue weighted by Gasteiger charge is 2.32. The first kappa shape index (κ1) is 17.5. The van der Waals surface area contributed by atoms with Gasteiger partial charge < -0.3 is 9.80 Å². The van der Waals surface area contributed by atoms with Gasteiger partial charge in [0.2, 0.25) is 11.8 Å². The predicted molar refractivity (Wildman–Crippen MR) is 107 cm³/mol. The molecule has 2 amide bonds. The summed E-state index contributed by atoms with van der Waals surface area (Å²) in [5.41, 5.74) is 3.33. The van der Waals surface area contributed by atoms with Gasteiger partial charge in [0.15, 0.2) is 0 Å². The predicted octanol–water partition coefficient (Wildman–Crippen LogP) is 3.53. The summed E-state index contributed by atoms with van der Waals surface area (Å²) in [4.78, 5) is 29.2. The number of fused-ring (bicyclic) bond motifs is 1. The highest BCUT2D eigenvalue weighted by molar-refractivity contribution is 5.97. The summed E-state index contributed by atoms with van der Waals surface area (Å²) in [6.45, 7) is 2.06. The Labute approximate surface area is 160 Å². The number of para-hydroxylation sites is 1. The molecule has 1 fully saturated rings. The fourth-order valence-electron chi connectivity index (χ4n) is 3.97. The Kier molecular flexibility index (Phi) is 5.05. The standard InChI is InChI=1S/C23H24N2O2/c26-22(11-10-18-6-2-1-3-7-18)24-15-12-20(13-16-24)23(27)25-17-14-19-8-4-5-9-21(19)25/h1-11,20H,12-17H2. The molecule has 0 unspecified atom stereocenters. The molecule has 0 aliphatic carbocycles. The Morgan fingerprint density at radius 3 is 2.37 bits per heavy atom. The fraction of sp³-hybridized carbons (Fsp3) is 0.304. The number of hydrogen-bond acceptors (Lipinski definition) is 2. The van der Waals surface area contributed by atoms with E-state index in [9.17, 15) is 9.59 Å². The van der Waals surface area contributed by atoms with Gasteiger partial charge in [-0.25, -0.2) is 0 Å². The van der Waals surface area contributed by atoms with Gasteiger partial charge in [-0.1, -0.05) is 48.5 Å². The van der Waals surface area contributed by atoms with Crippen molar-refractivity contribution in [2.45, 2.75) is 19.3 Å². The molecule has 2 aromatic carbocycles. The Bertz CT molecular complexity index is 852. The molecular formula is C23H24N2O2. The molecular weight excluding hydrogens is 336 g/mol. The summed E-state index contributed by atoms with van der Waals surface area (Å²) < 4.78 is 0. The van der Waals surface area contributed by atoms with Gasteiger partial charge in [0, 0.05) is 37.3 Å². The zero-order valence-electron chi connectivity index (χ0n) is 15.4. The third-order valence-corrected chi connectivity index (χ3v) is 5.53. The SMILES string of the molecule is O=C(C=Cc1ccccc1)N1CCC(C(=O)N2CCc3ccccc32)CC1. The minimum absolute atomic E-state index is 0.0123. The van der Waals surface area contributed by atoms with Gasteiger partial charge >= 0.3 is 0 Å². The van der Waals surface area contributed by atoms with Crippen molar-refractivity contribution < 1.29 is 9.59 Å². The normalized spacial score (nSPS) is 17.3. The van der Waals surface area contributed by atoms with E-state index in [4.69, 9.17) is 0 Å². The van der Waals surface area contributed by atoms with E-state index in [-0.39, 0.29) is 17.7 Å². The lowest BCUT2D eigenvalue weighted by atomic mass is 9.95. The van der Waals surface area contributed by atoms with Crippen molar-refractivity contribution in [3.05, 3.63) is 71.8 Å². The van der Waals surface area contributed by atoms with E-state index >= 15 is 0 Å². The van der Waals surface area contributed by atoms with Crippen LogP contribution in [0.5, 0.6) is 0 Å². The largest absolute Gasteiger partial charge is 0.339 e. The van der Waals surface area contributed by atoms with E-state index in [1.807, 2.05) is 64.4 Å². The van der Waals surface area contributed by atoms with Crippen molar-refractivity contribution in [3.63, 3.8) is 0 Å². The van der Waals surface area contributed by atoms with Crippen LogP contribution in [0.2, 0.25) is 0 Å². The molecule has 27 heavy (non-hydrogen) atoms. The van der Waals surface area contributed by atoms with Crippen molar-refractivity contribution >= 4 is 23.6 Å². The molecule has 138 valence electrons. The van der Waals surface area contributed by atoms with Gasteiger partial charge in [0.05, 0.1) is 0 Å². The third kappa shape index (κ3) is 3.80. The minimum Gasteiger partial charge on any atom is -0.339 e. The fourth-order valence-corrected chi connectivity index (χ4v) is 3.97. The minimum atomic E-state index is 0.0123. The summed E-state index contributed by atoms with van der Waals surface area (Å²) >= 11 is 0. The Balaban J connectivity index is 1.33. The highest BCUT2D eigenvalue weighted by Crippen LogP contribution is 2.31. The quantitative estimate of drug-likeness (QED) is 0.786. The number of nitrogens with zero attached hydrogens (tertiary/aromatic N) is 2. The summed E-state index contributed by atoms with van der Waals surface area (Å²) in [5.74, 6) is 0.251. The molecule has 4 heteroatoms. The number of amides is 2. The zero-order valence-corrected chi connectivity index (χ0v) is 15.4. The Morgan fingerprint density at radius 1 is 0.889 bits per heavy atom. The molecule has 0 atom stereocenters. The van der Waals surface area contributed by atoms with Crippen LogP contribution < -0.4 is 4.90 Å². The topological polar surface area (TPSA) is 40.6 Å². The lowest BCUT2D eigenvalue weighted by Gasteiger charge is -2.32. The van der Waals surface area contributed by atoms with Gasteiger partial charge in [-0.15, -0.1) is 0 Å². The van der Waals surface area contributed by atoms with Crippen LogP contribution in [0.3, 0.4) is 0 Å². The summed E-state index contributed by atoms with van der Waals surface area (Å²) in [6, 6.07) is 18.0. The van der Waals surface area contributed by atoms with E-state index in [1.165, 1.54) is 5.56 Å². The molecule has 4 rings (SSSR count). The van der Waals surface area contributed by atoms with Crippen LogP contribution in [-0.4, -0.2) is 36.3 Å². The lowest BCUT2D eigenvalue weighted by Crippen LogP contribution is -2.43. The Morgan fingerprint density at radius 2 is 1.59 bits per heavy atom. The number of rotatable bonds is 3. The second kappa shape index (κ2) is 7.78. The van der Waals surface area contributed by atoms with E-state index < -0.39 is 0 Å². The number of anilines is 1. The monoisotopic (exact) mass is 360 g/mol. The average Bonchev–Trinajstić information content (AvgIpc) is 3.16. The summed E-state index contributed by atoms with van der Waals surface area (Å²) in [5, 5.41) is 0. The van der Waals surface area contributed by atoms with Crippen molar-refractivity contribution in [1.82, 2.24) is 4.90 Å². The van der Waals surface area contributed by atoms with Gasteiger partial charge in [-0.3, -0.25) is 9.59 Å². The number of carbonyl (C=O) groups excluding carboxylic acids is 2. The third-order valence-electron chi connectivity index (χ3n) is 5.53. The first-order valence-electron chi connectivity index (χ1n) is 9.64. The van der Waals surface area contributed by atoms with Crippen LogP contribution in [0, 0.1) is 5.92 Å². The number of likely N-dealkylation sites (tertiary alicyclic amines) is 1. The molecule has 0 bridgehead atoms. The van der Waals surface area contributed by atoms with Crippen LogP contribution in [-0.2, 0) is 16.0 Å². The van der Waals surface area contributed by atoms with Crippen molar-refractivity contribution in [2.24, 2.45) is 5.92 Å². The molecule has 0 radical (unpaired) electrons. The maximum atomic E-state index is 13.0. The molecule has 0 spiro atoms. The zero-order chi connectivity index (χ0) is 18.6. The van der Waals surface area contributed by atoms with Crippen LogP contribution in [0.1, 0.15) is 24.0 Å². The van der Waals surface area contributed by atoms with Crippen LogP contribution >= 0.6 is 0 Å². The molecule has 0 N–H and O–H groups in total. The van der Waals surface area contributed by atoms with Crippen molar-refractivity contribution in [1.29, 1.82) is 0 Å². The van der Waals surface area contributed by atoms with Crippen molar-refractivity contribution in [2.75, 3.05) is 24.5 Å². The first-order valence-corrected chi connectivity index (χ1v) is 9.64. The second-order valence-electron chi connectivity index (χ2n) is 7.21. The van der Waals surface area contributed by atoms with E-state index in [0.29, 0.717) is 13.1 Å². The van der Waals surface area contributed by atoms with Gasteiger partial charge in [0.25, 0.3) is 0 Å². The molecule has 0 saturated carbocycles. The second-order valence-corrected chi connectivity index (χ2v) is 7.21. The van der Waals surface area contributed by atoms with E-state index in [1.54, 1.807) is 6.08 Å². The van der Waals surface area contributed by atoms with Gasteiger partial charge in [0.1, 0.15) is 0 Å². The van der Waals surface area contributed by atoms with Gasteiger partial charge in [-0.2, -0.15) is 0 Å². The summed E-state index contributed by atoms with van der Waals surface area (Å²) in [7, 11) is 0. The smallest absolute Gasteiger partial charge is 0.246 e. The molecule has 2 aliphatic rings. The first-order chi connectivity index (χ1) is 13.2. The van der Waals surface area contributed by atoms with Gasteiger partial charge in [-0.05, 0) is 42.5 Å². The van der Waals surface area contributed by atoms with E-state index in [2.05, 4.69) is 6.07 Å². The molecule has 0 aromatic heterocycles. The number of piperidine rings is 1. The summed E-state index contributed by atoms with van der Waals surface area (Å²) in [6.07, 6.45) is 5.89. The maximum absolute atomic E-state index is 13.0. The molecule has 2 heterocycles. The lowest BCUT2D eigenvalue weighted by molar-refractivity contribution is -0.130. The number of carbonyl (C=O) groups is 2. The Hall–Kier alpha value is -2.88. The van der Waals surface area contributed by atoms with Crippen LogP contribution in [0.15, 0.2) is 60.7 Å². The number of hydrogen-bond donors (Lipinski definition) is 0. The number of benzene rings is 2. The maximum Gasteiger partial charge on any atom is 0.246 e. The molecule has 1 saturated heterocycles. The molecule has 2 aliphatic heterocycles. The average molecular weight is 360 g/mol. The van der Waals surface area contributed by atoms with Crippen molar-refractivity contribution in [3.8, 4) is 0 Å².